The van der Waals surface area contributed by atoms with Crippen LogP contribution in [-0.2, 0) is 0 Å². The molecule has 0 nitrogen and oxygen atoms in total. The third-order valence-corrected chi connectivity index (χ3v) is 9.01. The van der Waals surface area contributed by atoms with Gasteiger partial charge in [-0.05, 0) is 97.9 Å². The van der Waals surface area contributed by atoms with E-state index >= 15 is 0 Å². The molecular weight excluding hydrogens is 378 g/mol. The predicted octanol–water partition coefficient (Wildman–Crippen LogP) is 6.80. The molecule has 29 heavy (non-hydrogen) atoms. The van der Waals surface area contributed by atoms with Crippen LogP contribution in [0.15, 0.2) is 36.4 Å². The summed E-state index contributed by atoms with van der Waals surface area (Å²) in [6.07, 6.45) is 10.8. The zero-order chi connectivity index (χ0) is 20.4. The van der Waals surface area contributed by atoms with Gasteiger partial charge in [0.05, 0.1) is 0 Å². The lowest BCUT2D eigenvalue weighted by atomic mass is 9.68. The highest BCUT2D eigenvalue weighted by Gasteiger charge is 2.31. The molecule has 0 aliphatic heterocycles. The Morgan fingerprint density at radius 3 is 2.03 bits per heavy atom. The standard InChI is InChI=1S/C26H34F2Si/c1-17-2-5-23(15-25(17)27)24-13-12-22(14-26(24)28)21-10-8-20(9-11-21)19-6-3-18(16-29)4-7-19/h2,5,12-15,18-21H,3-4,6-11,16H2,1,29H3. The van der Waals surface area contributed by atoms with Gasteiger partial charge < -0.3 is 0 Å². The van der Waals surface area contributed by atoms with E-state index in [1.165, 1.54) is 73.7 Å². The van der Waals surface area contributed by atoms with Crippen molar-refractivity contribution in [2.45, 2.75) is 70.3 Å². The molecule has 2 fully saturated rings. The van der Waals surface area contributed by atoms with Gasteiger partial charge in [0.1, 0.15) is 11.6 Å². The first kappa shape index (κ1) is 20.8. The Morgan fingerprint density at radius 1 is 0.793 bits per heavy atom. The van der Waals surface area contributed by atoms with Crippen LogP contribution in [0.2, 0.25) is 6.04 Å². The van der Waals surface area contributed by atoms with Gasteiger partial charge in [-0.2, -0.15) is 0 Å². The Balaban J connectivity index is 1.39. The smallest absolute Gasteiger partial charge is 0.131 e. The molecule has 2 aromatic carbocycles. The van der Waals surface area contributed by atoms with Gasteiger partial charge in [-0.1, -0.05) is 43.2 Å². The molecule has 0 saturated heterocycles. The third kappa shape index (κ3) is 4.65. The van der Waals surface area contributed by atoms with Gasteiger partial charge in [0.15, 0.2) is 0 Å². The summed E-state index contributed by atoms with van der Waals surface area (Å²) >= 11 is 0. The fraction of sp³-hybridized carbons (Fsp3) is 0.538. The van der Waals surface area contributed by atoms with E-state index in [4.69, 9.17) is 0 Å². The summed E-state index contributed by atoms with van der Waals surface area (Å²) in [6.45, 7) is 1.73. The van der Waals surface area contributed by atoms with E-state index in [2.05, 4.69) is 6.07 Å². The molecular formula is C26H34F2Si. The molecule has 0 amide bonds. The van der Waals surface area contributed by atoms with Crippen LogP contribution in [-0.4, -0.2) is 10.2 Å². The number of halogens is 2. The van der Waals surface area contributed by atoms with E-state index in [0.717, 1.165) is 23.3 Å². The molecule has 2 aromatic rings. The van der Waals surface area contributed by atoms with Crippen molar-refractivity contribution in [3.05, 3.63) is 59.2 Å². The minimum atomic E-state index is -0.278. The van der Waals surface area contributed by atoms with E-state index in [1.807, 2.05) is 6.07 Å². The van der Waals surface area contributed by atoms with Crippen molar-refractivity contribution in [1.82, 2.24) is 0 Å². The molecule has 4 rings (SSSR count). The van der Waals surface area contributed by atoms with Crippen molar-refractivity contribution in [3.63, 3.8) is 0 Å². The summed E-state index contributed by atoms with van der Waals surface area (Å²) in [5.74, 6) is 2.82. The molecule has 0 N–H and O–H groups in total. The van der Waals surface area contributed by atoms with Crippen molar-refractivity contribution in [2.24, 2.45) is 17.8 Å². The summed E-state index contributed by atoms with van der Waals surface area (Å²) in [4.78, 5) is 0. The zero-order valence-corrected chi connectivity index (χ0v) is 19.9. The minimum absolute atomic E-state index is 0.227. The Hall–Kier alpha value is -1.48. The fourth-order valence-electron chi connectivity index (χ4n) is 5.77. The lowest BCUT2D eigenvalue weighted by Crippen LogP contribution is -2.25. The van der Waals surface area contributed by atoms with Crippen LogP contribution >= 0.6 is 0 Å². The van der Waals surface area contributed by atoms with E-state index in [0.29, 0.717) is 22.6 Å². The molecule has 2 saturated carbocycles. The van der Waals surface area contributed by atoms with E-state index < -0.39 is 0 Å². The number of aryl methyl sites for hydroxylation is 1. The van der Waals surface area contributed by atoms with Gasteiger partial charge in [0.25, 0.3) is 0 Å². The zero-order valence-electron chi connectivity index (χ0n) is 17.9. The summed E-state index contributed by atoms with van der Waals surface area (Å²) < 4.78 is 28.7. The first-order valence-corrected chi connectivity index (χ1v) is 13.0. The molecule has 0 heterocycles. The Morgan fingerprint density at radius 2 is 1.45 bits per heavy atom. The second kappa shape index (κ2) is 9.12. The highest BCUT2D eigenvalue weighted by atomic mass is 28.1. The van der Waals surface area contributed by atoms with Crippen LogP contribution in [0.25, 0.3) is 11.1 Å². The quantitative estimate of drug-likeness (QED) is 0.484. The lowest BCUT2D eigenvalue weighted by molar-refractivity contribution is 0.165. The first-order valence-electron chi connectivity index (χ1n) is 11.6. The average molecular weight is 413 g/mol. The van der Waals surface area contributed by atoms with Gasteiger partial charge in [-0.3, -0.25) is 0 Å². The molecule has 2 aliphatic rings. The maximum absolute atomic E-state index is 14.8. The van der Waals surface area contributed by atoms with Crippen LogP contribution in [0.4, 0.5) is 8.78 Å². The van der Waals surface area contributed by atoms with Crippen molar-refractivity contribution in [1.29, 1.82) is 0 Å². The molecule has 0 radical (unpaired) electrons. The molecule has 0 spiro atoms. The van der Waals surface area contributed by atoms with Gasteiger partial charge >= 0.3 is 0 Å². The van der Waals surface area contributed by atoms with Crippen LogP contribution in [0, 0.1) is 36.3 Å². The second-order valence-electron chi connectivity index (χ2n) is 9.50. The van der Waals surface area contributed by atoms with Gasteiger partial charge in [-0.15, -0.1) is 0 Å². The third-order valence-electron chi connectivity index (χ3n) is 7.85. The van der Waals surface area contributed by atoms with Gasteiger partial charge in [0, 0.05) is 15.8 Å². The van der Waals surface area contributed by atoms with Gasteiger partial charge in [-0.25, -0.2) is 8.78 Å². The van der Waals surface area contributed by atoms with E-state index in [-0.39, 0.29) is 11.6 Å². The Bertz CT molecular complexity index is 831. The summed E-state index contributed by atoms with van der Waals surface area (Å²) in [5, 5.41) is 0. The molecule has 2 aliphatic carbocycles. The highest BCUT2D eigenvalue weighted by Crippen LogP contribution is 2.44. The Kier molecular flexibility index (Phi) is 6.53. The van der Waals surface area contributed by atoms with Crippen molar-refractivity contribution in [3.8, 4) is 11.1 Å². The highest BCUT2D eigenvalue weighted by molar-refractivity contribution is 6.08. The number of hydrogen-bond donors (Lipinski definition) is 0. The minimum Gasteiger partial charge on any atom is -0.207 e. The first-order chi connectivity index (χ1) is 14.0. The molecule has 156 valence electrons. The summed E-state index contributed by atoms with van der Waals surface area (Å²) in [5.41, 5.74) is 2.83. The maximum atomic E-state index is 14.8. The van der Waals surface area contributed by atoms with E-state index in [1.54, 1.807) is 25.1 Å². The maximum Gasteiger partial charge on any atom is 0.131 e. The molecule has 0 aromatic heterocycles. The SMILES string of the molecule is Cc1ccc(-c2ccc(C3CCC(C4CCC(C[SiH3])CC4)CC3)cc2F)cc1F. The number of rotatable bonds is 4. The second-order valence-corrected chi connectivity index (χ2v) is 10.3. The molecule has 0 unspecified atom stereocenters. The molecule has 0 bridgehead atoms. The number of hydrogen-bond acceptors (Lipinski definition) is 0. The summed E-state index contributed by atoms with van der Waals surface area (Å²) in [6, 6.07) is 12.1. The van der Waals surface area contributed by atoms with Crippen molar-refractivity contribution < 1.29 is 8.78 Å². The fourth-order valence-corrected chi connectivity index (χ4v) is 6.59. The molecule has 0 atom stereocenters. The van der Waals surface area contributed by atoms with Crippen molar-refractivity contribution in [2.75, 3.05) is 0 Å². The Labute approximate surface area is 177 Å². The largest absolute Gasteiger partial charge is 0.207 e. The predicted molar refractivity (Wildman–Crippen MR) is 121 cm³/mol. The van der Waals surface area contributed by atoms with Gasteiger partial charge in [0.2, 0.25) is 0 Å². The lowest BCUT2D eigenvalue weighted by Gasteiger charge is -2.38. The van der Waals surface area contributed by atoms with E-state index in [9.17, 15) is 8.78 Å². The van der Waals surface area contributed by atoms with Crippen LogP contribution < -0.4 is 0 Å². The normalized spacial score (nSPS) is 27.8. The van der Waals surface area contributed by atoms with Crippen LogP contribution in [0.5, 0.6) is 0 Å². The summed E-state index contributed by atoms with van der Waals surface area (Å²) in [7, 11) is 1.36. The van der Waals surface area contributed by atoms with Crippen LogP contribution in [0.1, 0.15) is 68.4 Å². The monoisotopic (exact) mass is 412 g/mol. The van der Waals surface area contributed by atoms with Crippen LogP contribution in [0.3, 0.4) is 0 Å². The average Bonchev–Trinajstić information content (AvgIpc) is 2.76. The molecule has 3 heteroatoms. The number of benzene rings is 2. The topological polar surface area (TPSA) is 0 Å². The van der Waals surface area contributed by atoms with Crippen molar-refractivity contribution >= 4 is 10.2 Å².